The van der Waals surface area contributed by atoms with Crippen LogP contribution in [0, 0.1) is 0 Å². The highest BCUT2D eigenvalue weighted by Gasteiger charge is 2.18. The quantitative estimate of drug-likeness (QED) is 0.217. The van der Waals surface area contributed by atoms with Gasteiger partial charge in [-0.3, -0.25) is 0 Å². The van der Waals surface area contributed by atoms with Gasteiger partial charge >= 0.3 is 5.95 Å². The maximum absolute atomic E-state index is 6.35. The number of aryl methyl sites for hydroxylation is 1. The van der Waals surface area contributed by atoms with Crippen LogP contribution >= 0.6 is 23.2 Å². The van der Waals surface area contributed by atoms with E-state index in [1.807, 2.05) is 36.4 Å². The Balaban J connectivity index is 1.50. The highest BCUT2D eigenvalue weighted by molar-refractivity contribution is 6.33. The van der Waals surface area contributed by atoms with Crippen LogP contribution in [0.4, 0.5) is 5.95 Å². The molecule has 3 heterocycles. The number of fused-ring (bicyclic) bond motifs is 6. The highest BCUT2D eigenvalue weighted by atomic mass is 35.5. The maximum atomic E-state index is 6.35. The number of H-pyrrole nitrogens is 3. The third-order valence-electron chi connectivity index (χ3n) is 5.71. The second-order valence-corrected chi connectivity index (χ2v) is 8.57. The van der Waals surface area contributed by atoms with Crippen LogP contribution in [0.5, 0.6) is 5.75 Å². The lowest BCUT2D eigenvalue weighted by molar-refractivity contribution is -0.741. The fourth-order valence-corrected chi connectivity index (χ4v) is 4.58. The Kier molecular flexibility index (Phi) is 4.38. The number of anilines is 1. The fourth-order valence-electron chi connectivity index (χ4n) is 4.24. The number of benzene rings is 3. The van der Waals surface area contributed by atoms with Gasteiger partial charge in [-0.2, -0.15) is 4.68 Å². The van der Waals surface area contributed by atoms with Crippen molar-refractivity contribution < 1.29 is 9.42 Å². The zero-order chi connectivity index (χ0) is 21.8. The Morgan fingerprint density at radius 2 is 1.50 bits per heavy atom. The molecule has 5 N–H and O–H groups in total. The largest absolute Gasteiger partial charge is 0.489 e. The number of halogens is 2. The van der Waals surface area contributed by atoms with E-state index < -0.39 is 0 Å². The van der Waals surface area contributed by atoms with Crippen LogP contribution < -0.4 is 15.2 Å². The zero-order valence-corrected chi connectivity index (χ0v) is 18.3. The van der Waals surface area contributed by atoms with Crippen molar-refractivity contribution in [2.24, 2.45) is 0 Å². The van der Waals surface area contributed by atoms with Crippen LogP contribution in [-0.2, 0) is 6.54 Å². The molecule has 0 aliphatic carbocycles. The van der Waals surface area contributed by atoms with Crippen LogP contribution in [0.3, 0.4) is 0 Å². The Labute approximate surface area is 191 Å². The first-order valence-electron chi connectivity index (χ1n) is 10.1. The SMILES string of the molecule is Nc1nn[nH][n+]1CCCOc1c2[nH]c3ccc(Cl)cc3c2cc2c1[nH]c1ccc(Cl)cc12. The van der Waals surface area contributed by atoms with Gasteiger partial charge in [-0.15, -0.1) is 5.21 Å². The molecule has 0 aliphatic rings. The van der Waals surface area contributed by atoms with Gasteiger partial charge in [-0.1, -0.05) is 23.2 Å². The van der Waals surface area contributed by atoms with Crippen LogP contribution in [-0.4, -0.2) is 32.1 Å². The van der Waals surface area contributed by atoms with Crippen molar-refractivity contribution in [1.29, 1.82) is 0 Å². The summed E-state index contributed by atoms with van der Waals surface area (Å²) in [7, 11) is 0. The van der Waals surface area contributed by atoms with E-state index in [9.17, 15) is 0 Å². The lowest BCUT2D eigenvalue weighted by atomic mass is 10.1. The smallest absolute Gasteiger partial charge is 0.397 e. The van der Waals surface area contributed by atoms with E-state index in [-0.39, 0.29) is 0 Å². The van der Waals surface area contributed by atoms with Crippen LogP contribution in [0.2, 0.25) is 10.0 Å². The lowest BCUT2D eigenvalue weighted by Gasteiger charge is -2.09. The number of ether oxygens (including phenoxy) is 1. The summed E-state index contributed by atoms with van der Waals surface area (Å²) in [6, 6.07) is 13.8. The van der Waals surface area contributed by atoms with E-state index in [4.69, 9.17) is 33.7 Å². The number of tetrazole rings is 1. The van der Waals surface area contributed by atoms with Gasteiger partial charge < -0.3 is 20.4 Å². The molecular weight excluding hydrogens is 449 g/mol. The minimum absolute atomic E-state index is 0.342. The van der Waals surface area contributed by atoms with Gasteiger partial charge in [0.1, 0.15) is 5.21 Å². The molecule has 8 nitrogen and oxygen atoms in total. The number of nitrogen functional groups attached to an aromatic ring is 1. The number of nitrogens with zero attached hydrogens (tertiary/aromatic N) is 3. The minimum atomic E-state index is 0.342. The fraction of sp³-hybridized carbons (Fsp3) is 0.136. The number of aromatic amines is 3. The molecule has 0 saturated carbocycles. The van der Waals surface area contributed by atoms with Gasteiger partial charge in [0, 0.05) is 49.0 Å². The molecule has 160 valence electrons. The summed E-state index contributed by atoms with van der Waals surface area (Å²) in [4.78, 5) is 7.01. The van der Waals surface area contributed by atoms with E-state index in [1.165, 1.54) is 0 Å². The van der Waals surface area contributed by atoms with E-state index in [2.05, 4.69) is 31.6 Å². The topological polar surface area (TPSA) is 112 Å². The van der Waals surface area contributed by atoms with Crippen molar-refractivity contribution >= 4 is 72.8 Å². The zero-order valence-electron chi connectivity index (χ0n) is 16.7. The minimum Gasteiger partial charge on any atom is -0.489 e. The molecule has 0 fully saturated rings. The maximum Gasteiger partial charge on any atom is 0.397 e. The Morgan fingerprint density at radius 3 is 2.06 bits per heavy atom. The molecule has 0 radical (unpaired) electrons. The predicted molar refractivity (Wildman–Crippen MR) is 126 cm³/mol. The summed E-state index contributed by atoms with van der Waals surface area (Å²) in [5.74, 6) is 1.10. The van der Waals surface area contributed by atoms with Gasteiger partial charge in [-0.05, 0) is 42.5 Å². The molecule has 0 bridgehead atoms. The Bertz CT molecular complexity index is 1540. The number of nitrogens with one attached hydrogen (secondary N) is 3. The third-order valence-corrected chi connectivity index (χ3v) is 6.18. The number of aromatic nitrogens is 6. The molecule has 0 aliphatic heterocycles. The van der Waals surface area contributed by atoms with Crippen molar-refractivity contribution in [2.75, 3.05) is 12.3 Å². The molecule has 3 aromatic heterocycles. The first-order chi connectivity index (χ1) is 15.6. The Morgan fingerprint density at radius 1 is 0.875 bits per heavy atom. The molecule has 0 amide bonds. The Hall–Kier alpha value is -3.49. The highest BCUT2D eigenvalue weighted by Crippen LogP contribution is 2.41. The molecule has 0 saturated heterocycles. The first-order valence-corrected chi connectivity index (χ1v) is 10.9. The van der Waals surface area contributed by atoms with Crippen LogP contribution in [0.25, 0.3) is 43.6 Å². The van der Waals surface area contributed by atoms with Crippen molar-refractivity contribution in [3.05, 3.63) is 52.5 Å². The summed E-state index contributed by atoms with van der Waals surface area (Å²) < 4.78 is 8.03. The van der Waals surface area contributed by atoms with Gasteiger partial charge in [0.25, 0.3) is 0 Å². The summed E-state index contributed by atoms with van der Waals surface area (Å²) in [6.07, 6.45) is 0.717. The molecule has 0 spiro atoms. The van der Waals surface area contributed by atoms with Crippen molar-refractivity contribution in [2.45, 2.75) is 13.0 Å². The van der Waals surface area contributed by atoms with Crippen molar-refractivity contribution in [1.82, 2.24) is 25.5 Å². The lowest BCUT2D eigenvalue weighted by Crippen LogP contribution is -2.39. The van der Waals surface area contributed by atoms with Crippen molar-refractivity contribution in [3.63, 3.8) is 0 Å². The summed E-state index contributed by atoms with van der Waals surface area (Å²) in [6.45, 7) is 1.09. The van der Waals surface area contributed by atoms with E-state index in [0.29, 0.717) is 35.6 Å². The standard InChI is InChI=1S/C22H17Cl2N7O/c23-11-2-4-17-13(8-11)15-10-16-14-9-12(24)3-5-18(14)27-20(16)21(19(15)26-17)32-7-1-6-31-22(25)28-29-30-31/h2-5,8-10H,1,6-7H2,(H4,25,26,27,28,29,30)/p+1. The van der Waals surface area contributed by atoms with E-state index in [1.54, 1.807) is 4.68 Å². The predicted octanol–water partition coefficient (Wildman–Crippen LogP) is 4.72. The second kappa shape index (κ2) is 7.29. The molecular formula is C22H18Cl2N7O+. The number of rotatable bonds is 5. The first kappa shape index (κ1) is 19.2. The van der Waals surface area contributed by atoms with Gasteiger partial charge in [0.05, 0.1) is 29.3 Å². The molecule has 0 unspecified atom stereocenters. The van der Waals surface area contributed by atoms with Crippen molar-refractivity contribution in [3.8, 4) is 5.75 Å². The average molecular weight is 467 g/mol. The van der Waals surface area contributed by atoms with E-state index in [0.717, 1.165) is 49.4 Å². The molecule has 3 aromatic carbocycles. The van der Waals surface area contributed by atoms with Crippen LogP contribution in [0.15, 0.2) is 42.5 Å². The summed E-state index contributed by atoms with van der Waals surface area (Å²) in [5.41, 5.74) is 9.61. The van der Waals surface area contributed by atoms with Gasteiger partial charge in [0.2, 0.25) is 0 Å². The molecule has 0 atom stereocenters. The van der Waals surface area contributed by atoms with Crippen LogP contribution in [0.1, 0.15) is 6.42 Å². The van der Waals surface area contributed by atoms with E-state index >= 15 is 0 Å². The molecule has 10 heteroatoms. The monoisotopic (exact) mass is 466 g/mol. The third kappa shape index (κ3) is 3.03. The summed E-state index contributed by atoms with van der Waals surface area (Å²) >= 11 is 12.6. The normalized spacial score (nSPS) is 11.9. The van der Waals surface area contributed by atoms with Gasteiger partial charge in [0.15, 0.2) is 5.75 Å². The average Bonchev–Trinajstić information content (AvgIpc) is 3.46. The molecule has 6 aromatic rings. The molecule has 6 rings (SSSR count). The number of hydrogen-bond donors (Lipinski definition) is 4. The second-order valence-electron chi connectivity index (χ2n) is 7.69. The van der Waals surface area contributed by atoms with Gasteiger partial charge in [-0.25, -0.2) is 0 Å². The summed E-state index contributed by atoms with van der Waals surface area (Å²) in [5, 5.41) is 15.7. The molecule has 32 heavy (non-hydrogen) atoms. The number of nitrogens with two attached hydrogens (primary N) is 1. The number of hydrogen-bond acceptors (Lipinski definition) is 4.